The second-order valence-corrected chi connectivity index (χ2v) is 5.84. The Balaban J connectivity index is 1.69. The first kappa shape index (κ1) is 17.1. The molecule has 0 atom stereocenters. The maximum absolute atomic E-state index is 12.8. The van der Waals surface area contributed by atoms with Crippen molar-refractivity contribution in [1.29, 1.82) is 0 Å². The molecule has 4 nitrogen and oxygen atoms in total. The third-order valence-corrected chi connectivity index (χ3v) is 3.59. The minimum absolute atomic E-state index is 0.173. The summed E-state index contributed by atoms with van der Waals surface area (Å²) < 4.78 is 13.6. The van der Waals surface area contributed by atoms with Crippen LogP contribution in [-0.2, 0) is 11.2 Å². The van der Waals surface area contributed by atoms with Crippen molar-refractivity contribution in [2.75, 3.05) is 13.1 Å². The van der Waals surface area contributed by atoms with Gasteiger partial charge in [-0.05, 0) is 35.9 Å². The van der Waals surface area contributed by atoms with Crippen LogP contribution in [0.15, 0.2) is 53.0 Å². The molecule has 0 heterocycles. The lowest BCUT2D eigenvalue weighted by Gasteiger charge is -2.07. The fourth-order valence-corrected chi connectivity index (χ4v) is 2.36. The van der Waals surface area contributed by atoms with Gasteiger partial charge < -0.3 is 10.6 Å². The van der Waals surface area contributed by atoms with Crippen molar-refractivity contribution in [3.63, 3.8) is 0 Å². The molecule has 23 heavy (non-hydrogen) atoms. The van der Waals surface area contributed by atoms with Crippen LogP contribution in [0.5, 0.6) is 0 Å². The fraction of sp³-hybridized carbons (Fsp3) is 0.176. The first-order chi connectivity index (χ1) is 11.0. The van der Waals surface area contributed by atoms with Gasteiger partial charge in [0.2, 0.25) is 5.91 Å². The molecule has 0 saturated carbocycles. The molecule has 2 aromatic carbocycles. The number of halogens is 2. The Hall–Kier alpha value is -2.21. The van der Waals surface area contributed by atoms with E-state index in [9.17, 15) is 14.0 Å². The van der Waals surface area contributed by atoms with Gasteiger partial charge in [0.15, 0.2) is 0 Å². The molecule has 2 amide bonds. The molecule has 0 aliphatic rings. The van der Waals surface area contributed by atoms with E-state index in [0.29, 0.717) is 18.7 Å². The van der Waals surface area contributed by atoms with Crippen LogP contribution in [0, 0.1) is 5.82 Å². The second-order valence-electron chi connectivity index (χ2n) is 4.92. The predicted octanol–water partition coefficient (Wildman–Crippen LogP) is 2.68. The highest BCUT2D eigenvalue weighted by molar-refractivity contribution is 9.10. The first-order valence-corrected chi connectivity index (χ1v) is 7.89. The number of benzene rings is 2. The van der Waals surface area contributed by atoms with Crippen LogP contribution < -0.4 is 10.6 Å². The summed E-state index contributed by atoms with van der Waals surface area (Å²) >= 11 is 3.31. The van der Waals surface area contributed by atoms with Gasteiger partial charge in [0.1, 0.15) is 5.82 Å². The van der Waals surface area contributed by atoms with Gasteiger partial charge in [-0.3, -0.25) is 9.59 Å². The number of hydrogen-bond donors (Lipinski definition) is 2. The minimum Gasteiger partial charge on any atom is -0.354 e. The largest absolute Gasteiger partial charge is 0.354 e. The minimum atomic E-state index is -0.329. The molecule has 0 aliphatic carbocycles. The molecular formula is C17H16BrFN2O2. The molecule has 0 saturated heterocycles. The van der Waals surface area contributed by atoms with Gasteiger partial charge in [-0.25, -0.2) is 4.39 Å². The van der Waals surface area contributed by atoms with Crippen LogP contribution in [0.25, 0.3) is 0 Å². The molecule has 0 bridgehead atoms. The van der Waals surface area contributed by atoms with Crippen molar-refractivity contribution >= 4 is 27.7 Å². The van der Waals surface area contributed by atoms with Crippen LogP contribution in [-0.4, -0.2) is 24.9 Å². The summed E-state index contributed by atoms with van der Waals surface area (Å²) in [7, 11) is 0. The number of carbonyl (C=O) groups excluding carboxylic acids is 2. The van der Waals surface area contributed by atoms with Crippen molar-refractivity contribution in [3.8, 4) is 0 Å². The first-order valence-electron chi connectivity index (χ1n) is 7.09. The van der Waals surface area contributed by atoms with Crippen LogP contribution in [0.4, 0.5) is 4.39 Å². The zero-order valence-corrected chi connectivity index (χ0v) is 13.9. The topological polar surface area (TPSA) is 58.2 Å². The molecule has 0 radical (unpaired) electrons. The predicted molar refractivity (Wildman–Crippen MR) is 89.6 cm³/mol. The Labute approximate surface area is 142 Å². The molecular weight excluding hydrogens is 363 g/mol. The maximum Gasteiger partial charge on any atom is 0.251 e. The normalized spacial score (nSPS) is 10.2. The monoisotopic (exact) mass is 378 g/mol. The highest BCUT2D eigenvalue weighted by Gasteiger charge is 2.06. The molecule has 0 spiro atoms. The van der Waals surface area contributed by atoms with Gasteiger partial charge in [0.05, 0.1) is 6.42 Å². The summed E-state index contributed by atoms with van der Waals surface area (Å²) in [6.45, 7) is 0.667. The highest BCUT2D eigenvalue weighted by Crippen LogP contribution is 2.11. The molecule has 0 unspecified atom stereocenters. The van der Waals surface area contributed by atoms with Crippen molar-refractivity contribution in [1.82, 2.24) is 10.6 Å². The van der Waals surface area contributed by atoms with Crippen LogP contribution in [0.2, 0.25) is 0 Å². The van der Waals surface area contributed by atoms with Crippen molar-refractivity contribution in [3.05, 3.63) is 69.9 Å². The van der Waals surface area contributed by atoms with E-state index in [-0.39, 0.29) is 24.1 Å². The third kappa shape index (κ3) is 5.83. The molecule has 0 aromatic heterocycles. The number of amides is 2. The average Bonchev–Trinajstić information content (AvgIpc) is 2.53. The van der Waals surface area contributed by atoms with Crippen LogP contribution >= 0.6 is 15.9 Å². The summed E-state index contributed by atoms with van der Waals surface area (Å²) in [5, 5.41) is 5.44. The summed E-state index contributed by atoms with van der Waals surface area (Å²) in [6.07, 6.45) is 0.180. The van der Waals surface area contributed by atoms with E-state index in [1.807, 2.05) is 6.07 Å². The van der Waals surface area contributed by atoms with E-state index in [4.69, 9.17) is 0 Å². The number of nitrogens with one attached hydrogen (secondary N) is 2. The zero-order chi connectivity index (χ0) is 16.7. The van der Waals surface area contributed by atoms with E-state index >= 15 is 0 Å². The Morgan fingerprint density at radius 1 is 1.00 bits per heavy atom. The zero-order valence-electron chi connectivity index (χ0n) is 12.3. The Kier molecular flexibility index (Phi) is 6.29. The summed E-state index contributed by atoms with van der Waals surface area (Å²) in [5.41, 5.74) is 1.29. The van der Waals surface area contributed by atoms with E-state index < -0.39 is 0 Å². The standard InChI is InChI=1S/C17H16BrFN2O2/c18-14-3-1-2-13(11-14)17(23)21-9-8-20-16(22)10-12-4-6-15(19)7-5-12/h1-7,11H,8-10H2,(H,20,22)(H,21,23). The molecule has 2 rings (SSSR count). The third-order valence-electron chi connectivity index (χ3n) is 3.10. The van der Waals surface area contributed by atoms with Gasteiger partial charge in [0.25, 0.3) is 5.91 Å². The SMILES string of the molecule is O=C(Cc1ccc(F)cc1)NCCNC(=O)c1cccc(Br)c1. The molecule has 0 aliphatic heterocycles. The quantitative estimate of drug-likeness (QED) is 0.759. The van der Waals surface area contributed by atoms with Crippen LogP contribution in [0.1, 0.15) is 15.9 Å². The molecule has 2 aromatic rings. The van der Waals surface area contributed by atoms with E-state index in [1.165, 1.54) is 12.1 Å². The van der Waals surface area contributed by atoms with E-state index in [2.05, 4.69) is 26.6 Å². The average molecular weight is 379 g/mol. The van der Waals surface area contributed by atoms with Crippen molar-refractivity contribution in [2.24, 2.45) is 0 Å². The lowest BCUT2D eigenvalue weighted by molar-refractivity contribution is -0.120. The van der Waals surface area contributed by atoms with Gasteiger partial charge in [-0.15, -0.1) is 0 Å². The van der Waals surface area contributed by atoms with Crippen molar-refractivity contribution in [2.45, 2.75) is 6.42 Å². The van der Waals surface area contributed by atoms with Crippen molar-refractivity contribution < 1.29 is 14.0 Å². The Morgan fingerprint density at radius 2 is 1.70 bits per heavy atom. The van der Waals surface area contributed by atoms with Gasteiger partial charge in [0, 0.05) is 23.1 Å². The smallest absolute Gasteiger partial charge is 0.251 e. The van der Waals surface area contributed by atoms with Gasteiger partial charge in [-0.1, -0.05) is 34.1 Å². The summed E-state index contributed by atoms with van der Waals surface area (Å²) in [5.74, 6) is -0.697. The number of rotatable bonds is 6. The molecule has 2 N–H and O–H groups in total. The number of hydrogen-bond acceptors (Lipinski definition) is 2. The van der Waals surface area contributed by atoms with Crippen LogP contribution in [0.3, 0.4) is 0 Å². The maximum atomic E-state index is 12.8. The van der Waals surface area contributed by atoms with Gasteiger partial charge >= 0.3 is 0 Å². The second kappa shape index (κ2) is 8.43. The highest BCUT2D eigenvalue weighted by atomic mass is 79.9. The fourth-order valence-electron chi connectivity index (χ4n) is 1.96. The summed E-state index contributed by atoms with van der Waals surface area (Å²) in [6, 6.07) is 12.8. The number of carbonyl (C=O) groups is 2. The molecule has 6 heteroatoms. The Bertz CT molecular complexity index is 689. The van der Waals surface area contributed by atoms with E-state index in [0.717, 1.165) is 10.0 Å². The molecule has 0 fully saturated rings. The lowest BCUT2D eigenvalue weighted by Crippen LogP contribution is -2.35. The summed E-state index contributed by atoms with van der Waals surface area (Å²) in [4.78, 5) is 23.6. The van der Waals surface area contributed by atoms with E-state index in [1.54, 1.807) is 30.3 Å². The lowest BCUT2D eigenvalue weighted by atomic mass is 10.1. The Morgan fingerprint density at radius 3 is 2.39 bits per heavy atom. The molecule has 120 valence electrons. The van der Waals surface area contributed by atoms with Gasteiger partial charge in [-0.2, -0.15) is 0 Å².